The van der Waals surface area contributed by atoms with Crippen LogP contribution in [0.15, 0.2) is 48.5 Å². The zero-order chi connectivity index (χ0) is 16.7. The van der Waals surface area contributed by atoms with Gasteiger partial charge in [0, 0.05) is 24.4 Å². The topological polar surface area (TPSA) is 93.5 Å². The number of hydrogen-bond donors (Lipinski definition) is 2. The van der Waals surface area contributed by atoms with E-state index in [0.29, 0.717) is 23.7 Å². The lowest BCUT2D eigenvalue weighted by Crippen LogP contribution is -2.29. The van der Waals surface area contributed by atoms with Crippen molar-refractivity contribution >= 4 is 17.4 Å². The molecule has 0 aliphatic heterocycles. The molecular weight excluding hydrogens is 298 g/mol. The molecule has 2 rings (SSSR count). The Bertz CT molecular complexity index is 669. The molecule has 0 saturated heterocycles. The van der Waals surface area contributed by atoms with Gasteiger partial charge in [0.1, 0.15) is 11.5 Å². The van der Waals surface area contributed by atoms with Gasteiger partial charge in [-0.2, -0.15) is 0 Å². The third-order valence-corrected chi connectivity index (χ3v) is 2.93. The summed E-state index contributed by atoms with van der Waals surface area (Å²) in [7, 11) is 0. The normalized spacial score (nSPS) is 9.96. The predicted molar refractivity (Wildman–Crippen MR) is 86.9 cm³/mol. The molecule has 0 heterocycles. The van der Waals surface area contributed by atoms with Gasteiger partial charge >= 0.3 is 6.03 Å². The maximum atomic E-state index is 11.5. The molecule has 0 spiro atoms. The van der Waals surface area contributed by atoms with Crippen LogP contribution in [0.1, 0.15) is 13.3 Å². The molecule has 23 heavy (non-hydrogen) atoms. The van der Waals surface area contributed by atoms with Gasteiger partial charge in [-0.1, -0.05) is 6.92 Å². The number of nitrogens with zero attached hydrogens (tertiary/aromatic N) is 1. The molecule has 0 aromatic heterocycles. The average molecular weight is 315 g/mol. The van der Waals surface area contributed by atoms with Crippen LogP contribution in [0, 0.1) is 10.1 Å². The molecule has 2 aromatic carbocycles. The minimum Gasteiger partial charge on any atom is -0.457 e. The highest BCUT2D eigenvalue weighted by Crippen LogP contribution is 2.24. The van der Waals surface area contributed by atoms with E-state index in [9.17, 15) is 14.9 Å². The fraction of sp³-hybridized carbons (Fsp3) is 0.188. The van der Waals surface area contributed by atoms with Gasteiger partial charge in [0.15, 0.2) is 0 Å². The number of ether oxygens (including phenoxy) is 1. The number of anilines is 1. The fourth-order valence-corrected chi connectivity index (χ4v) is 1.79. The Hall–Kier alpha value is -3.09. The maximum absolute atomic E-state index is 11.5. The van der Waals surface area contributed by atoms with Gasteiger partial charge in [-0.05, 0) is 42.8 Å². The van der Waals surface area contributed by atoms with Crippen molar-refractivity contribution in [3.05, 3.63) is 58.6 Å². The van der Waals surface area contributed by atoms with E-state index in [1.165, 1.54) is 24.3 Å². The fourth-order valence-electron chi connectivity index (χ4n) is 1.79. The van der Waals surface area contributed by atoms with Gasteiger partial charge in [0.05, 0.1) is 4.92 Å². The lowest BCUT2D eigenvalue weighted by Gasteiger charge is -2.08. The van der Waals surface area contributed by atoms with Crippen molar-refractivity contribution in [1.29, 1.82) is 0 Å². The van der Waals surface area contributed by atoms with E-state index in [1.54, 1.807) is 24.3 Å². The Labute approximate surface area is 133 Å². The SMILES string of the molecule is CCCNC(=O)Nc1ccc(Oc2ccc([N+](=O)[O-])cc2)cc1. The molecule has 0 unspecified atom stereocenters. The highest BCUT2D eigenvalue weighted by molar-refractivity contribution is 5.89. The number of nitro benzene ring substituents is 1. The predicted octanol–water partition coefficient (Wildman–Crippen LogP) is 3.92. The highest BCUT2D eigenvalue weighted by Gasteiger charge is 2.05. The standard InChI is InChI=1S/C16H17N3O4/c1-2-11-17-16(20)18-12-3-7-14(8-4-12)23-15-9-5-13(6-10-15)19(21)22/h3-10H,2,11H2,1H3,(H2,17,18,20). The summed E-state index contributed by atoms with van der Waals surface area (Å²) in [6.45, 7) is 2.60. The van der Waals surface area contributed by atoms with Crippen molar-refractivity contribution in [3.8, 4) is 11.5 Å². The third-order valence-electron chi connectivity index (χ3n) is 2.93. The minimum atomic E-state index is -0.464. The van der Waals surface area contributed by atoms with E-state index >= 15 is 0 Å². The number of carbonyl (C=O) groups is 1. The average Bonchev–Trinajstić information content (AvgIpc) is 2.55. The van der Waals surface area contributed by atoms with Crippen LogP contribution in [0.2, 0.25) is 0 Å². The minimum absolute atomic E-state index is 0.00925. The smallest absolute Gasteiger partial charge is 0.319 e. The second kappa shape index (κ2) is 7.79. The highest BCUT2D eigenvalue weighted by atomic mass is 16.6. The summed E-state index contributed by atoms with van der Waals surface area (Å²) >= 11 is 0. The van der Waals surface area contributed by atoms with Gasteiger partial charge in [0.2, 0.25) is 0 Å². The number of non-ortho nitro benzene ring substituents is 1. The molecule has 0 aliphatic carbocycles. The Morgan fingerprint density at radius 1 is 1.09 bits per heavy atom. The Kier molecular flexibility index (Phi) is 5.51. The number of carbonyl (C=O) groups excluding carboxylic acids is 1. The summed E-state index contributed by atoms with van der Waals surface area (Å²) in [5, 5.41) is 16.0. The van der Waals surface area contributed by atoms with Crippen molar-refractivity contribution in [1.82, 2.24) is 5.32 Å². The molecule has 0 bridgehead atoms. The van der Waals surface area contributed by atoms with Crippen molar-refractivity contribution in [2.24, 2.45) is 0 Å². The van der Waals surface area contributed by atoms with Crippen molar-refractivity contribution in [2.45, 2.75) is 13.3 Å². The molecule has 7 nitrogen and oxygen atoms in total. The molecule has 2 aromatic rings. The Balaban J connectivity index is 1.94. The number of rotatable bonds is 6. The molecule has 0 saturated carbocycles. The van der Waals surface area contributed by atoms with Crippen molar-refractivity contribution in [3.63, 3.8) is 0 Å². The van der Waals surface area contributed by atoms with Crippen molar-refractivity contribution in [2.75, 3.05) is 11.9 Å². The molecule has 0 aliphatic rings. The first kappa shape index (κ1) is 16.3. The molecule has 0 radical (unpaired) electrons. The van der Waals surface area contributed by atoms with Gasteiger partial charge in [-0.3, -0.25) is 10.1 Å². The summed E-state index contributed by atoms with van der Waals surface area (Å²) in [5.41, 5.74) is 0.657. The van der Waals surface area contributed by atoms with E-state index < -0.39 is 4.92 Å². The van der Waals surface area contributed by atoms with Gasteiger partial charge in [0.25, 0.3) is 5.69 Å². The lowest BCUT2D eigenvalue weighted by atomic mass is 10.3. The summed E-state index contributed by atoms with van der Waals surface area (Å²) < 4.78 is 5.59. The molecular formula is C16H17N3O4. The van der Waals surface area contributed by atoms with Crippen LogP contribution in [0.5, 0.6) is 11.5 Å². The second-order valence-corrected chi connectivity index (χ2v) is 4.76. The first-order chi connectivity index (χ1) is 11.1. The number of hydrogen-bond acceptors (Lipinski definition) is 4. The third kappa shape index (κ3) is 4.99. The summed E-state index contributed by atoms with van der Waals surface area (Å²) in [6, 6.07) is 12.4. The lowest BCUT2D eigenvalue weighted by molar-refractivity contribution is -0.384. The summed E-state index contributed by atoms with van der Waals surface area (Å²) in [5.74, 6) is 1.07. The van der Waals surface area contributed by atoms with Crippen LogP contribution >= 0.6 is 0 Å². The zero-order valence-electron chi connectivity index (χ0n) is 12.6. The van der Waals surface area contributed by atoms with E-state index in [2.05, 4.69) is 10.6 Å². The molecule has 0 fully saturated rings. The molecule has 0 atom stereocenters. The first-order valence-electron chi connectivity index (χ1n) is 7.15. The van der Waals surface area contributed by atoms with Crippen LogP contribution in [-0.2, 0) is 0 Å². The van der Waals surface area contributed by atoms with E-state index in [4.69, 9.17) is 4.74 Å². The monoisotopic (exact) mass is 315 g/mol. The molecule has 2 N–H and O–H groups in total. The van der Waals surface area contributed by atoms with E-state index in [0.717, 1.165) is 6.42 Å². The quantitative estimate of drug-likeness (QED) is 0.624. The van der Waals surface area contributed by atoms with E-state index in [1.807, 2.05) is 6.92 Å². The summed E-state index contributed by atoms with van der Waals surface area (Å²) in [6.07, 6.45) is 0.870. The molecule has 2 amide bonds. The number of urea groups is 1. The van der Waals surface area contributed by atoms with Crippen LogP contribution < -0.4 is 15.4 Å². The van der Waals surface area contributed by atoms with Gasteiger partial charge in [-0.15, -0.1) is 0 Å². The van der Waals surface area contributed by atoms with Crippen LogP contribution in [-0.4, -0.2) is 17.5 Å². The van der Waals surface area contributed by atoms with Gasteiger partial charge < -0.3 is 15.4 Å². The number of amides is 2. The van der Waals surface area contributed by atoms with Crippen LogP contribution in [0.3, 0.4) is 0 Å². The number of nitrogens with one attached hydrogen (secondary N) is 2. The number of nitro groups is 1. The van der Waals surface area contributed by atoms with Crippen molar-refractivity contribution < 1.29 is 14.5 Å². The Morgan fingerprint density at radius 2 is 1.65 bits per heavy atom. The second-order valence-electron chi connectivity index (χ2n) is 4.76. The summed E-state index contributed by atoms with van der Waals surface area (Å²) in [4.78, 5) is 21.6. The maximum Gasteiger partial charge on any atom is 0.319 e. The Morgan fingerprint density at radius 3 is 2.17 bits per heavy atom. The van der Waals surface area contributed by atoms with Crippen LogP contribution in [0.4, 0.5) is 16.2 Å². The van der Waals surface area contributed by atoms with E-state index in [-0.39, 0.29) is 11.7 Å². The first-order valence-corrected chi connectivity index (χ1v) is 7.15. The largest absolute Gasteiger partial charge is 0.457 e. The number of benzene rings is 2. The molecule has 120 valence electrons. The molecule has 7 heteroatoms. The van der Waals surface area contributed by atoms with Crippen LogP contribution in [0.25, 0.3) is 0 Å². The van der Waals surface area contributed by atoms with Gasteiger partial charge in [-0.25, -0.2) is 4.79 Å². The zero-order valence-corrected chi connectivity index (χ0v) is 12.6.